The minimum absolute atomic E-state index is 0.0726. The number of nitrogens with two attached hydrogens (primary N) is 1. The minimum atomic E-state index is 0.0726. The zero-order valence-electron chi connectivity index (χ0n) is 8.39. The monoisotopic (exact) mass is 265 g/mol. The lowest BCUT2D eigenvalue weighted by Gasteiger charge is -2.06. The second-order valence-electron chi connectivity index (χ2n) is 3.48. The van der Waals surface area contributed by atoms with Crippen LogP contribution >= 0.6 is 15.9 Å². The lowest BCUT2D eigenvalue weighted by molar-refractivity contribution is 0.814. The van der Waals surface area contributed by atoms with Gasteiger partial charge in [-0.3, -0.25) is 0 Å². The van der Waals surface area contributed by atoms with E-state index >= 15 is 0 Å². The molecule has 15 heavy (non-hydrogen) atoms. The van der Waals surface area contributed by atoms with Crippen LogP contribution in [0.25, 0.3) is 5.69 Å². The van der Waals surface area contributed by atoms with E-state index in [2.05, 4.69) is 21.0 Å². The quantitative estimate of drug-likeness (QED) is 0.908. The molecule has 1 aromatic heterocycles. The van der Waals surface area contributed by atoms with Crippen molar-refractivity contribution in [3.63, 3.8) is 0 Å². The molecule has 0 amide bonds. The third kappa shape index (κ3) is 2.27. The van der Waals surface area contributed by atoms with Crippen molar-refractivity contribution >= 4 is 15.9 Å². The lowest BCUT2D eigenvalue weighted by atomic mass is 10.1. The number of hydrogen-bond donors (Lipinski definition) is 1. The summed E-state index contributed by atoms with van der Waals surface area (Å²) in [7, 11) is 0. The third-order valence-electron chi connectivity index (χ3n) is 2.23. The molecule has 2 aromatic rings. The van der Waals surface area contributed by atoms with Gasteiger partial charge in [0.2, 0.25) is 0 Å². The molecule has 0 radical (unpaired) electrons. The fraction of sp³-hybridized carbons (Fsp3) is 0.182. The summed E-state index contributed by atoms with van der Waals surface area (Å²) >= 11 is 3.36. The lowest BCUT2D eigenvalue weighted by Crippen LogP contribution is -2.05. The van der Waals surface area contributed by atoms with Crippen LogP contribution in [0.15, 0.2) is 41.1 Å². The van der Waals surface area contributed by atoms with E-state index in [1.54, 1.807) is 6.20 Å². The van der Waals surface area contributed by atoms with Crippen LogP contribution in [0.4, 0.5) is 0 Å². The Kier molecular flexibility index (Phi) is 2.88. The predicted octanol–water partition coefficient (Wildman–Crippen LogP) is 2.65. The van der Waals surface area contributed by atoms with E-state index in [0.717, 1.165) is 15.7 Å². The van der Waals surface area contributed by atoms with E-state index in [0.29, 0.717) is 0 Å². The fourth-order valence-electron chi connectivity index (χ4n) is 1.37. The molecule has 0 bridgehead atoms. The molecule has 0 aliphatic rings. The van der Waals surface area contributed by atoms with Gasteiger partial charge in [0, 0.05) is 12.2 Å². The van der Waals surface area contributed by atoms with Gasteiger partial charge in [0.25, 0.3) is 0 Å². The number of aromatic nitrogens is 2. The maximum Gasteiger partial charge on any atom is 0.0646 e. The molecule has 3 nitrogen and oxygen atoms in total. The van der Waals surface area contributed by atoms with Gasteiger partial charge in [-0.1, -0.05) is 12.1 Å². The van der Waals surface area contributed by atoms with Gasteiger partial charge in [-0.15, -0.1) is 0 Å². The summed E-state index contributed by atoms with van der Waals surface area (Å²) in [6.07, 6.45) is 3.68. The first-order valence-corrected chi connectivity index (χ1v) is 5.52. The van der Waals surface area contributed by atoms with E-state index in [1.807, 2.05) is 42.1 Å². The van der Waals surface area contributed by atoms with Crippen LogP contribution in [0, 0.1) is 0 Å². The van der Waals surface area contributed by atoms with Crippen molar-refractivity contribution in [3.05, 3.63) is 46.7 Å². The van der Waals surface area contributed by atoms with Gasteiger partial charge in [-0.2, -0.15) is 5.10 Å². The molecule has 2 N–H and O–H groups in total. The van der Waals surface area contributed by atoms with Gasteiger partial charge in [0.15, 0.2) is 0 Å². The van der Waals surface area contributed by atoms with Gasteiger partial charge in [-0.05, 0) is 40.5 Å². The summed E-state index contributed by atoms with van der Waals surface area (Å²) in [5.74, 6) is 0. The summed E-state index contributed by atoms with van der Waals surface area (Å²) in [6, 6.07) is 8.14. The number of hydrogen-bond acceptors (Lipinski definition) is 2. The molecule has 2 rings (SSSR count). The zero-order chi connectivity index (χ0) is 10.8. The Balaban J connectivity index is 2.31. The minimum Gasteiger partial charge on any atom is -0.324 e. The molecule has 0 aliphatic heterocycles. The molecule has 0 spiro atoms. The van der Waals surface area contributed by atoms with Crippen molar-refractivity contribution in [1.82, 2.24) is 9.78 Å². The zero-order valence-corrected chi connectivity index (χ0v) is 9.98. The van der Waals surface area contributed by atoms with E-state index in [-0.39, 0.29) is 6.04 Å². The van der Waals surface area contributed by atoms with Crippen molar-refractivity contribution in [2.75, 3.05) is 0 Å². The molecule has 0 aliphatic carbocycles. The van der Waals surface area contributed by atoms with Crippen LogP contribution in [-0.2, 0) is 0 Å². The van der Waals surface area contributed by atoms with E-state index in [9.17, 15) is 0 Å². The molecule has 1 aromatic carbocycles. The topological polar surface area (TPSA) is 43.8 Å². The van der Waals surface area contributed by atoms with E-state index < -0.39 is 0 Å². The molecule has 0 saturated carbocycles. The Hall–Kier alpha value is -1.13. The Bertz CT molecular complexity index is 445. The number of halogens is 1. The maximum absolute atomic E-state index is 5.78. The second-order valence-corrected chi connectivity index (χ2v) is 4.40. The molecule has 1 atom stereocenters. The predicted molar refractivity (Wildman–Crippen MR) is 63.9 cm³/mol. The number of nitrogens with zero attached hydrogens (tertiary/aromatic N) is 2. The second kappa shape index (κ2) is 4.16. The normalized spacial score (nSPS) is 12.7. The fourth-order valence-corrected chi connectivity index (χ4v) is 1.66. The van der Waals surface area contributed by atoms with Gasteiger partial charge in [0.1, 0.15) is 0 Å². The highest BCUT2D eigenvalue weighted by molar-refractivity contribution is 9.10. The molecule has 1 heterocycles. The molecule has 4 heteroatoms. The molecular formula is C11H12BrN3. The van der Waals surface area contributed by atoms with E-state index in [4.69, 9.17) is 5.73 Å². The molecular weight excluding hydrogens is 254 g/mol. The number of benzene rings is 1. The van der Waals surface area contributed by atoms with Gasteiger partial charge < -0.3 is 5.73 Å². The number of rotatable bonds is 2. The average molecular weight is 266 g/mol. The van der Waals surface area contributed by atoms with Crippen LogP contribution in [0.1, 0.15) is 18.5 Å². The summed E-state index contributed by atoms with van der Waals surface area (Å²) < 4.78 is 2.79. The Morgan fingerprint density at radius 2 is 2.00 bits per heavy atom. The van der Waals surface area contributed by atoms with Crippen LogP contribution in [-0.4, -0.2) is 9.78 Å². The highest BCUT2D eigenvalue weighted by Gasteiger charge is 2.01. The van der Waals surface area contributed by atoms with Gasteiger partial charge in [0.05, 0.1) is 16.4 Å². The highest BCUT2D eigenvalue weighted by atomic mass is 79.9. The summed E-state index contributed by atoms with van der Waals surface area (Å²) in [6.45, 7) is 1.97. The van der Waals surface area contributed by atoms with Gasteiger partial charge in [-0.25, -0.2) is 4.68 Å². The summed E-state index contributed by atoms with van der Waals surface area (Å²) in [5.41, 5.74) is 7.94. The van der Waals surface area contributed by atoms with Crippen molar-refractivity contribution in [2.45, 2.75) is 13.0 Å². The SMILES string of the molecule is C[C@@H](N)c1ccc(-n2cc(Br)cn2)cc1. The van der Waals surface area contributed by atoms with Crippen molar-refractivity contribution in [2.24, 2.45) is 5.73 Å². The third-order valence-corrected chi connectivity index (χ3v) is 2.64. The van der Waals surface area contributed by atoms with Crippen LogP contribution in [0.5, 0.6) is 0 Å². The molecule has 78 valence electrons. The van der Waals surface area contributed by atoms with E-state index in [1.165, 1.54) is 0 Å². The van der Waals surface area contributed by atoms with Crippen molar-refractivity contribution in [3.8, 4) is 5.69 Å². The smallest absolute Gasteiger partial charge is 0.0646 e. The first-order valence-electron chi connectivity index (χ1n) is 4.73. The molecule has 0 saturated heterocycles. The van der Waals surface area contributed by atoms with Crippen molar-refractivity contribution in [1.29, 1.82) is 0 Å². The Labute approximate surface area is 97.0 Å². The average Bonchev–Trinajstić information content (AvgIpc) is 2.65. The molecule has 0 unspecified atom stereocenters. The first kappa shape index (κ1) is 10.4. The highest BCUT2D eigenvalue weighted by Crippen LogP contribution is 2.15. The maximum atomic E-state index is 5.78. The van der Waals surface area contributed by atoms with Gasteiger partial charge >= 0.3 is 0 Å². The summed E-state index contributed by atoms with van der Waals surface area (Å²) in [5, 5.41) is 4.20. The van der Waals surface area contributed by atoms with Crippen molar-refractivity contribution < 1.29 is 0 Å². The Morgan fingerprint density at radius 3 is 2.47 bits per heavy atom. The van der Waals surface area contributed by atoms with Crippen LogP contribution in [0.3, 0.4) is 0 Å². The summed E-state index contributed by atoms with van der Waals surface area (Å²) in [4.78, 5) is 0. The Morgan fingerprint density at radius 1 is 1.33 bits per heavy atom. The van der Waals surface area contributed by atoms with Crippen LogP contribution in [0.2, 0.25) is 0 Å². The van der Waals surface area contributed by atoms with Crippen LogP contribution < -0.4 is 5.73 Å². The largest absolute Gasteiger partial charge is 0.324 e. The standard InChI is InChI=1S/C11H12BrN3/c1-8(13)9-2-4-11(5-3-9)15-7-10(12)6-14-15/h2-8H,13H2,1H3/t8-/m1/s1. The molecule has 0 fully saturated rings. The first-order chi connectivity index (χ1) is 7.16.